The van der Waals surface area contributed by atoms with Crippen LogP contribution in [0.3, 0.4) is 0 Å². The molecule has 6 heteroatoms. The average molecular weight is 396 g/mol. The Morgan fingerprint density at radius 1 is 1.24 bits per heavy atom. The van der Waals surface area contributed by atoms with E-state index in [0.29, 0.717) is 5.56 Å². The summed E-state index contributed by atoms with van der Waals surface area (Å²) in [6.07, 6.45) is 0.774. The molecule has 1 aliphatic heterocycles. The van der Waals surface area contributed by atoms with Crippen molar-refractivity contribution in [3.05, 3.63) is 59.2 Å². The minimum atomic E-state index is -0.909. The van der Waals surface area contributed by atoms with Gasteiger partial charge in [0.15, 0.2) is 0 Å². The molecule has 0 saturated heterocycles. The topological polar surface area (TPSA) is 81.7 Å². The summed E-state index contributed by atoms with van der Waals surface area (Å²) in [6, 6.07) is 13.3. The fraction of sp³-hybridized carbons (Fsp3) is 0.391. The molecule has 3 rings (SSSR count). The highest BCUT2D eigenvalue weighted by atomic mass is 16.4. The van der Waals surface area contributed by atoms with E-state index in [1.165, 1.54) is 0 Å². The van der Waals surface area contributed by atoms with Crippen LogP contribution in [0.4, 0.5) is 11.4 Å². The molecular formula is C23H29N3O3. The van der Waals surface area contributed by atoms with E-state index >= 15 is 0 Å². The van der Waals surface area contributed by atoms with E-state index in [1.807, 2.05) is 37.1 Å². The van der Waals surface area contributed by atoms with Crippen LogP contribution >= 0.6 is 0 Å². The Morgan fingerprint density at radius 2 is 1.97 bits per heavy atom. The number of likely N-dealkylation sites (N-methyl/N-ethyl adjacent to an activating group) is 2. The molecule has 0 bridgehead atoms. The summed E-state index contributed by atoms with van der Waals surface area (Å²) < 4.78 is 0. The lowest BCUT2D eigenvalue weighted by Crippen LogP contribution is -2.42. The van der Waals surface area contributed by atoms with Crippen LogP contribution in [-0.4, -0.2) is 37.1 Å². The first-order chi connectivity index (χ1) is 13.6. The molecule has 2 aromatic rings. The predicted molar refractivity (Wildman–Crippen MR) is 116 cm³/mol. The van der Waals surface area contributed by atoms with E-state index in [4.69, 9.17) is 0 Å². The maximum Gasteiger partial charge on any atom is 0.335 e. The molecule has 1 aliphatic rings. The van der Waals surface area contributed by atoms with Gasteiger partial charge in [0.1, 0.15) is 6.04 Å². The summed E-state index contributed by atoms with van der Waals surface area (Å²) in [7, 11) is 3.56. The molecule has 0 fully saturated rings. The molecule has 1 amide bonds. The molecular weight excluding hydrogens is 366 g/mol. The van der Waals surface area contributed by atoms with E-state index < -0.39 is 5.97 Å². The second kappa shape index (κ2) is 7.78. The van der Waals surface area contributed by atoms with E-state index in [9.17, 15) is 14.7 Å². The zero-order valence-corrected chi connectivity index (χ0v) is 17.6. The lowest BCUT2D eigenvalue weighted by Gasteiger charge is -2.41. The Balaban J connectivity index is 1.92. The van der Waals surface area contributed by atoms with Gasteiger partial charge in [-0.15, -0.1) is 0 Å². The van der Waals surface area contributed by atoms with Crippen LogP contribution in [0.15, 0.2) is 42.5 Å². The van der Waals surface area contributed by atoms with E-state index in [-0.39, 0.29) is 23.4 Å². The number of carboxylic acids is 1. The first-order valence-electron chi connectivity index (χ1n) is 9.81. The Bertz CT molecular complexity index is 939. The number of rotatable bonds is 5. The largest absolute Gasteiger partial charge is 0.478 e. The molecule has 0 aromatic heterocycles. The number of aromatic carboxylic acids is 1. The first kappa shape index (κ1) is 20.7. The molecule has 2 aromatic carbocycles. The van der Waals surface area contributed by atoms with Crippen molar-refractivity contribution in [2.24, 2.45) is 5.41 Å². The van der Waals surface area contributed by atoms with Gasteiger partial charge >= 0.3 is 5.97 Å². The van der Waals surface area contributed by atoms with Gasteiger partial charge in [0.25, 0.3) is 0 Å². The molecule has 0 spiro atoms. The van der Waals surface area contributed by atoms with Crippen molar-refractivity contribution in [3.63, 3.8) is 0 Å². The van der Waals surface area contributed by atoms with Gasteiger partial charge in [-0.2, -0.15) is 0 Å². The van der Waals surface area contributed by atoms with Gasteiger partial charge in [0, 0.05) is 25.5 Å². The van der Waals surface area contributed by atoms with E-state index in [2.05, 4.69) is 36.6 Å². The van der Waals surface area contributed by atoms with Crippen LogP contribution in [-0.2, 0) is 11.2 Å². The van der Waals surface area contributed by atoms with Gasteiger partial charge in [-0.25, -0.2) is 4.79 Å². The van der Waals surface area contributed by atoms with Gasteiger partial charge in [-0.3, -0.25) is 4.79 Å². The fourth-order valence-corrected chi connectivity index (χ4v) is 4.02. The number of nitrogens with zero attached hydrogens (tertiary/aromatic N) is 1. The van der Waals surface area contributed by atoms with Crippen LogP contribution in [0.2, 0.25) is 0 Å². The molecule has 0 radical (unpaired) electrons. The standard InChI is InChI=1S/C23H29N3O3/c1-14(21(27)24-4)26(5)18-8-6-7-15(12-18)20-23(2,3)13-17-11-16(22(28)29)9-10-19(17)25-20/h6-12,14,20,25H,13H2,1-5H3,(H,24,27)(H,28,29). The number of fused-ring (bicyclic) bond motifs is 1. The molecule has 1 heterocycles. The highest BCUT2D eigenvalue weighted by Gasteiger charge is 2.36. The van der Waals surface area contributed by atoms with Crippen LogP contribution in [0.1, 0.15) is 48.3 Å². The van der Waals surface area contributed by atoms with Crippen LogP contribution in [0.5, 0.6) is 0 Å². The number of benzene rings is 2. The Hall–Kier alpha value is -3.02. The highest BCUT2D eigenvalue weighted by Crippen LogP contribution is 2.45. The summed E-state index contributed by atoms with van der Waals surface area (Å²) in [5.74, 6) is -0.939. The van der Waals surface area contributed by atoms with Crippen molar-refractivity contribution in [1.29, 1.82) is 0 Å². The lowest BCUT2D eigenvalue weighted by atomic mass is 9.72. The number of carbonyl (C=O) groups excluding carboxylic acids is 1. The normalized spacial score (nSPS) is 18.2. The monoisotopic (exact) mass is 395 g/mol. The van der Waals surface area contributed by atoms with Gasteiger partial charge in [0.2, 0.25) is 5.91 Å². The number of carboxylic acid groups (broad SMARTS) is 1. The summed E-state index contributed by atoms with van der Waals surface area (Å²) in [6.45, 7) is 6.25. The third-order valence-corrected chi connectivity index (χ3v) is 5.90. The minimum absolute atomic E-state index is 0.0304. The summed E-state index contributed by atoms with van der Waals surface area (Å²) in [4.78, 5) is 25.3. The zero-order chi connectivity index (χ0) is 21.3. The fourth-order valence-electron chi connectivity index (χ4n) is 4.02. The van der Waals surface area contributed by atoms with Crippen molar-refractivity contribution in [1.82, 2.24) is 5.32 Å². The number of amides is 1. The maximum atomic E-state index is 12.0. The summed E-state index contributed by atoms with van der Waals surface area (Å²) in [5.41, 5.74) is 4.30. The van der Waals surface area contributed by atoms with Gasteiger partial charge in [-0.05, 0) is 60.2 Å². The quantitative estimate of drug-likeness (QED) is 0.719. The van der Waals surface area contributed by atoms with Gasteiger partial charge < -0.3 is 20.6 Å². The average Bonchev–Trinajstić information content (AvgIpc) is 2.70. The molecule has 29 heavy (non-hydrogen) atoms. The molecule has 2 atom stereocenters. The molecule has 154 valence electrons. The summed E-state index contributed by atoms with van der Waals surface area (Å²) in [5, 5.41) is 15.6. The maximum absolute atomic E-state index is 12.0. The molecule has 0 saturated carbocycles. The molecule has 6 nitrogen and oxygen atoms in total. The Kier molecular flexibility index (Phi) is 5.55. The molecule has 2 unspecified atom stereocenters. The second-order valence-corrected chi connectivity index (χ2v) is 8.42. The Morgan fingerprint density at radius 3 is 2.62 bits per heavy atom. The van der Waals surface area contributed by atoms with Crippen LogP contribution < -0.4 is 15.5 Å². The number of nitrogens with one attached hydrogen (secondary N) is 2. The van der Waals surface area contributed by atoms with Gasteiger partial charge in [-0.1, -0.05) is 26.0 Å². The third-order valence-electron chi connectivity index (χ3n) is 5.90. The first-order valence-corrected chi connectivity index (χ1v) is 9.81. The van der Waals surface area contributed by atoms with Crippen LogP contribution in [0, 0.1) is 5.41 Å². The van der Waals surface area contributed by atoms with Crippen LogP contribution in [0.25, 0.3) is 0 Å². The van der Waals surface area contributed by atoms with Crippen molar-refractivity contribution in [2.75, 3.05) is 24.3 Å². The highest BCUT2D eigenvalue weighted by molar-refractivity contribution is 5.88. The third kappa shape index (κ3) is 4.06. The summed E-state index contributed by atoms with van der Waals surface area (Å²) >= 11 is 0. The van der Waals surface area contributed by atoms with Crippen molar-refractivity contribution in [2.45, 2.75) is 39.3 Å². The Labute approximate surface area is 171 Å². The second-order valence-electron chi connectivity index (χ2n) is 8.42. The lowest BCUT2D eigenvalue weighted by molar-refractivity contribution is -0.121. The molecule has 0 aliphatic carbocycles. The smallest absolute Gasteiger partial charge is 0.335 e. The predicted octanol–water partition coefficient (Wildman–Crippen LogP) is 3.69. The number of hydrogen-bond acceptors (Lipinski definition) is 4. The van der Waals surface area contributed by atoms with Crippen molar-refractivity contribution in [3.8, 4) is 0 Å². The zero-order valence-electron chi connectivity index (χ0n) is 17.6. The van der Waals surface area contributed by atoms with Crippen molar-refractivity contribution >= 4 is 23.3 Å². The number of carbonyl (C=O) groups is 2. The SMILES string of the molecule is CNC(=O)C(C)N(C)c1cccc(C2Nc3ccc(C(=O)O)cc3CC2(C)C)c1. The van der Waals surface area contributed by atoms with E-state index in [0.717, 1.165) is 28.9 Å². The van der Waals surface area contributed by atoms with Gasteiger partial charge in [0.05, 0.1) is 11.6 Å². The van der Waals surface area contributed by atoms with E-state index in [1.54, 1.807) is 19.2 Å². The number of anilines is 2. The van der Waals surface area contributed by atoms with Crippen molar-refractivity contribution < 1.29 is 14.7 Å². The number of hydrogen-bond donors (Lipinski definition) is 3. The molecule has 3 N–H and O–H groups in total. The minimum Gasteiger partial charge on any atom is -0.478 e.